The molecule has 5 heteroatoms. The SMILES string of the molecule is Cc1ccccc1CC(=O)NCCCCCc1nc2ccccc2n1CCOc1cccc2ccccc12. The number of imidazole rings is 1. The predicted octanol–water partition coefficient (Wildman–Crippen LogP) is 6.65. The number of fused-ring (bicyclic) bond motifs is 2. The van der Waals surface area contributed by atoms with Crippen molar-refractivity contribution < 1.29 is 9.53 Å². The van der Waals surface area contributed by atoms with Gasteiger partial charge in [-0.1, -0.05) is 79.2 Å². The standard InChI is InChI=1S/C33H35N3O2/c1-25-12-4-5-14-27(25)24-33(37)34-21-10-2-3-20-32-35-29-17-8-9-18-30(29)36(32)22-23-38-31-19-11-15-26-13-6-7-16-28(26)31/h4-9,11-19H,2-3,10,20-24H2,1H3,(H,34,37). The Balaban J connectivity index is 1.12. The van der Waals surface area contributed by atoms with E-state index in [1.54, 1.807) is 0 Å². The number of unbranched alkanes of at least 4 members (excludes halogenated alkanes) is 2. The molecule has 0 bridgehead atoms. The van der Waals surface area contributed by atoms with Crippen LogP contribution in [0.3, 0.4) is 0 Å². The van der Waals surface area contributed by atoms with Gasteiger partial charge in [-0.15, -0.1) is 0 Å². The van der Waals surface area contributed by atoms with Crippen LogP contribution in [0.5, 0.6) is 5.75 Å². The second-order valence-electron chi connectivity index (χ2n) is 9.76. The Labute approximate surface area is 224 Å². The number of rotatable bonds is 12. The predicted molar refractivity (Wildman–Crippen MR) is 155 cm³/mol. The fourth-order valence-electron chi connectivity index (χ4n) is 4.99. The summed E-state index contributed by atoms with van der Waals surface area (Å²) in [5.41, 5.74) is 4.42. The van der Waals surface area contributed by atoms with Crippen LogP contribution >= 0.6 is 0 Å². The number of carbonyl (C=O) groups excluding carboxylic acids is 1. The maximum absolute atomic E-state index is 12.3. The van der Waals surface area contributed by atoms with Crippen LogP contribution in [0.2, 0.25) is 0 Å². The van der Waals surface area contributed by atoms with Gasteiger partial charge in [0.15, 0.2) is 0 Å². The maximum atomic E-state index is 12.3. The number of amides is 1. The molecular weight excluding hydrogens is 470 g/mol. The molecule has 0 unspecified atom stereocenters. The topological polar surface area (TPSA) is 56.2 Å². The molecule has 0 spiro atoms. The molecule has 0 saturated carbocycles. The lowest BCUT2D eigenvalue weighted by atomic mass is 10.1. The number of ether oxygens (including phenoxy) is 1. The maximum Gasteiger partial charge on any atom is 0.224 e. The average molecular weight is 506 g/mol. The summed E-state index contributed by atoms with van der Waals surface area (Å²) in [5.74, 6) is 2.10. The fraction of sp³-hybridized carbons (Fsp3) is 0.273. The zero-order valence-corrected chi connectivity index (χ0v) is 22.0. The van der Waals surface area contributed by atoms with Gasteiger partial charge in [-0.3, -0.25) is 4.79 Å². The number of carbonyl (C=O) groups is 1. The summed E-state index contributed by atoms with van der Waals surface area (Å²) in [6.45, 7) is 4.08. The van der Waals surface area contributed by atoms with Crippen molar-refractivity contribution in [1.82, 2.24) is 14.9 Å². The molecule has 1 N–H and O–H groups in total. The summed E-state index contributed by atoms with van der Waals surface area (Å²) in [7, 11) is 0. The Kier molecular flexibility index (Phi) is 8.34. The van der Waals surface area contributed by atoms with Gasteiger partial charge in [0.1, 0.15) is 18.2 Å². The first-order valence-corrected chi connectivity index (χ1v) is 13.5. The largest absolute Gasteiger partial charge is 0.491 e. The van der Waals surface area contributed by atoms with E-state index in [-0.39, 0.29) is 5.91 Å². The molecule has 1 heterocycles. The third kappa shape index (κ3) is 6.23. The number of nitrogens with zero attached hydrogens (tertiary/aromatic N) is 2. The minimum absolute atomic E-state index is 0.0901. The molecule has 0 aliphatic rings. The van der Waals surface area contributed by atoms with Crippen molar-refractivity contribution in [3.8, 4) is 5.75 Å². The molecule has 5 rings (SSSR count). The lowest BCUT2D eigenvalue weighted by Crippen LogP contribution is -2.26. The second kappa shape index (κ2) is 12.4. The number of benzene rings is 4. The van der Waals surface area contributed by atoms with E-state index in [2.05, 4.69) is 52.3 Å². The quantitative estimate of drug-likeness (QED) is 0.193. The first-order valence-electron chi connectivity index (χ1n) is 13.5. The number of aromatic nitrogens is 2. The molecule has 1 amide bonds. The molecule has 0 fully saturated rings. The lowest BCUT2D eigenvalue weighted by molar-refractivity contribution is -0.120. The summed E-state index contributed by atoms with van der Waals surface area (Å²) in [6.07, 6.45) is 4.38. The van der Waals surface area contributed by atoms with Crippen LogP contribution in [0.25, 0.3) is 21.8 Å². The highest BCUT2D eigenvalue weighted by atomic mass is 16.5. The molecular formula is C33H35N3O2. The Bertz CT molecular complexity index is 1520. The van der Waals surface area contributed by atoms with Crippen LogP contribution in [0.15, 0.2) is 91.0 Å². The molecule has 0 radical (unpaired) electrons. The van der Waals surface area contributed by atoms with Crippen LogP contribution in [0, 0.1) is 6.92 Å². The van der Waals surface area contributed by atoms with Crippen LogP contribution < -0.4 is 10.1 Å². The van der Waals surface area contributed by atoms with Crippen LogP contribution in [0.4, 0.5) is 0 Å². The van der Waals surface area contributed by atoms with Gasteiger partial charge in [0.05, 0.1) is 24.0 Å². The third-order valence-corrected chi connectivity index (χ3v) is 7.07. The van der Waals surface area contributed by atoms with E-state index in [1.807, 2.05) is 55.5 Å². The van der Waals surface area contributed by atoms with E-state index >= 15 is 0 Å². The molecule has 38 heavy (non-hydrogen) atoms. The number of nitrogens with one attached hydrogen (secondary N) is 1. The minimum Gasteiger partial charge on any atom is -0.491 e. The molecule has 0 atom stereocenters. The fourth-order valence-corrected chi connectivity index (χ4v) is 4.99. The Morgan fingerprint density at radius 2 is 1.66 bits per heavy atom. The van der Waals surface area contributed by atoms with Gasteiger partial charge in [0.25, 0.3) is 0 Å². The van der Waals surface area contributed by atoms with Gasteiger partial charge in [0.2, 0.25) is 5.91 Å². The molecule has 0 aliphatic heterocycles. The van der Waals surface area contributed by atoms with Crippen molar-refractivity contribution in [2.75, 3.05) is 13.2 Å². The smallest absolute Gasteiger partial charge is 0.224 e. The summed E-state index contributed by atoms with van der Waals surface area (Å²) >= 11 is 0. The summed E-state index contributed by atoms with van der Waals surface area (Å²) in [4.78, 5) is 17.2. The third-order valence-electron chi connectivity index (χ3n) is 7.07. The Morgan fingerprint density at radius 1 is 0.868 bits per heavy atom. The Morgan fingerprint density at radius 3 is 2.58 bits per heavy atom. The normalized spacial score (nSPS) is 11.2. The molecule has 1 aromatic heterocycles. The second-order valence-corrected chi connectivity index (χ2v) is 9.76. The van der Waals surface area contributed by atoms with E-state index in [0.29, 0.717) is 19.6 Å². The monoisotopic (exact) mass is 505 g/mol. The van der Waals surface area contributed by atoms with Crippen LogP contribution in [-0.4, -0.2) is 28.6 Å². The van der Waals surface area contributed by atoms with Crippen molar-refractivity contribution in [3.05, 3.63) is 108 Å². The van der Waals surface area contributed by atoms with E-state index in [4.69, 9.17) is 9.72 Å². The zero-order valence-electron chi connectivity index (χ0n) is 22.0. The van der Waals surface area contributed by atoms with Crippen molar-refractivity contribution >= 4 is 27.7 Å². The van der Waals surface area contributed by atoms with Crippen LogP contribution in [-0.2, 0) is 24.2 Å². The van der Waals surface area contributed by atoms with Gasteiger partial charge in [-0.2, -0.15) is 0 Å². The van der Waals surface area contributed by atoms with Gasteiger partial charge < -0.3 is 14.6 Å². The Hall–Kier alpha value is -4.12. The molecule has 0 saturated heterocycles. The lowest BCUT2D eigenvalue weighted by Gasteiger charge is -2.12. The highest BCUT2D eigenvalue weighted by Crippen LogP contribution is 2.25. The highest BCUT2D eigenvalue weighted by Gasteiger charge is 2.11. The van der Waals surface area contributed by atoms with Crippen molar-refractivity contribution in [3.63, 3.8) is 0 Å². The van der Waals surface area contributed by atoms with Crippen molar-refractivity contribution in [1.29, 1.82) is 0 Å². The molecule has 5 aromatic rings. The van der Waals surface area contributed by atoms with E-state index < -0.39 is 0 Å². The molecule has 4 aromatic carbocycles. The van der Waals surface area contributed by atoms with Crippen LogP contribution in [0.1, 0.15) is 36.2 Å². The summed E-state index contributed by atoms with van der Waals surface area (Å²) in [5, 5.41) is 5.39. The first kappa shape index (κ1) is 25.5. The average Bonchev–Trinajstić information content (AvgIpc) is 3.29. The van der Waals surface area contributed by atoms with Crippen molar-refractivity contribution in [2.45, 2.75) is 45.6 Å². The summed E-state index contributed by atoms with van der Waals surface area (Å²) < 4.78 is 8.53. The highest BCUT2D eigenvalue weighted by molar-refractivity contribution is 5.88. The minimum atomic E-state index is 0.0901. The van der Waals surface area contributed by atoms with E-state index in [9.17, 15) is 4.79 Å². The number of para-hydroxylation sites is 2. The van der Waals surface area contributed by atoms with Crippen molar-refractivity contribution in [2.24, 2.45) is 0 Å². The molecule has 0 aliphatic carbocycles. The van der Waals surface area contributed by atoms with Gasteiger partial charge >= 0.3 is 0 Å². The molecule has 194 valence electrons. The zero-order chi connectivity index (χ0) is 26.2. The summed E-state index contributed by atoms with van der Waals surface area (Å²) in [6, 6.07) is 30.9. The van der Waals surface area contributed by atoms with Gasteiger partial charge in [-0.05, 0) is 54.5 Å². The van der Waals surface area contributed by atoms with E-state index in [1.165, 1.54) is 5.39 Å². The number of hydrogen-bond acceptors (Lipinski definition) is 3. The van der Waals surface area contributed by atoms with Gasteiger partial charge in [0, 0.05) is 18.4 Å². The first-order chi connectivity index (χ1) is 18.7. The molecule has 5 nitrogen and oxygen atoms in total. The van der Waals surface area contributed by atoms with E-state index in [0.717, 1.165) is 71.3 Å². The number of hydrogen-bond donors (Lipinski definition) is 1. The number of aryl methyl sites for hydroxylation is 2. The van der Waals surface area contributed by atoms with Gasteiger partial charge in [-0.25, -0.2) is 4.98 Å².